The summed E-state index contributed by atoms with van der Waals surface area (Å²) < 4.78 is 5.08. The third-order valence-electron chi connectivity index (χ3n) is 5.42. The molecule has 13 nitrogen and oxygen atoms in total. The first-order chi connectivity index (χ1) is 21.5. The molecule has 0 aliphatic heterocycles. The van der Waals surface area contributed by atoms with Gasteiger partial charge in [0.2, 0.25) is 5.75 Å². The summed E-state index contributed by atoms with van der Waals surface area (Å²) in [5.74, 6) is -3.66. The Bertz CT molecular complexity index is 1610. The number of amides is 2. The summed E-state index contributed by atoms with van der Waals surface area (Å²) in [6.45, 7) is 1.79. The molecule has 0 bridgehead atoms. The molecule has 4 aromatic rings. The summed E-state index contributed by atoms with van der Waals surface area (Å²) in [6.07, 6.45) is 0. The van der Waals surface area contributed by atoms with Crippen LogP contribution < -0.4 is 15.4 Å². The quantitative estimate of drug-likeness (QED) is 0.0901. The second kappa shape index (κ2) is 18.2. The van der Waals surface area contributed by atoms with E-state index in [1.165, 1.54) is 24.3 Å². The van der Waals surface area contributed by atoms with Crippen molar-refractivity contribution in [1.29, 1.82) is 0 Å². The number of hydrogen-bond donors (Lipinski definition) is 4. The maximum atomic E-state index is 12.0. The van der Waals surface area contributed by atoms with E-state index in [4.69, 9.17) is 14.9 Å². The van der Waals surface area contributed by atoms with E-state index in [0.717, 1.165) is 6.07 Å². The Balaban J connectivity index is 0.000000268. The number of rotatable bonds is 9. The number of aromatic carboxylic acids is 1. The average Bonchev–Trinajstić information content (AvgIpc) is 3.05. The zero-order chi connectivity index (χ0) is 33.2. The largest absolute Gasteiger partial charge is 0.480 e. The highest BCUT2D eigenvalue weighted by molar-refractivity contribution is 5.96. The SMILES string of the molecule is CCNC(=O)c1ccc(OC(=O)c2ccccc2)c([N+](=O)[O-])c1.O=C(O)CNC(=O)c1ccccc1.O=C(O)c1ccccc1. The van der Waals surface area contributed by atoms with Crippen LogP contribution in [0.25, 0.3) is 0 Å². The van der Waals surface area contributed by atoms with Gasteiger partial charge in [-0.25, -0.2) is 9.59 Å². The number of carboxylic acids is 2. The standard InChI is InChI=1S/C16H14N2O5.C9H9NO3.C7H6O2/c1-2-17-15(19)12-8-9-14(13(10-12)18(21)22)23-16(20)11-6-4-3-5-7-11;11-8(12)6-10-9(13)7-4-2-1-3-5-7;8-7(9)6-4-2-1-3-5-6/h3-10H,2H2,1H3,(H,17,19);1-5H,6H2,(H,10,13)(H,11,12);1-5H,(H,8,9). The molecular weight excluding hydrogens is 586 g/mol. The molecule has 0 fully saturated rings. The molecule has 0 atom stereocenters. The Hall–Kier alpha value is -6.37. The predicted molar refractivity (Wildman–Crippen MR) is 162 cm³/mol. The molecular formula is C32H29N3O10. The van der Waals surface area contributed by atoms with Crippen molar-refractivity contribution in [2.24, 2.45) is 0 Å². The fraction of sp³-hybridized carbons (Fsp3) is 0.0938. The average molecular weight is 616 g/mol. The fourth-order valence-electron chi connectivity index (χ4n) is 3.31. The molecule has 0 saturated carbocycles. The number of carbonyl (C=O) groups is 5. The molecule has 45 heavy (non-hydrogen) atoms. The highest BCUT2D eigenvalue weighted by atomic mass is 16.6. The van der Waals surface area contributed by atoms with E-state index < -0.39 is 34.4 Å². The van der Waals surface area contributed by atoms with E-state index in [0.29, 0.717) is 17.7 Å². The minimum Gasteiger partial charge on any atom is -0.480 e. The zero-order valence-corrected chi connectivity index (χ0v) is 23.9. The Morgan fingerprint density at radius 1 is 0.689 bits per heavy atom. The van der Waals surface area contributed by atoms with Crippen molar-refractivity contribution in [3.8, 4) is 5.75 Å². The summed E-state index contributed by atoms with van der Waals surface area (Å²) in [5, 5.41) is 32.6. The van der Waals surface area contributed by atoms with Crippen LogP contribution in [0.2, 0.25) is 0 Å². The van der Waals surface area contributed by atoms with Crippen LogP contribution in [0.1, 0.15) is 48.4 Å². The molecule has 2 amide bonds. The van der Waals surface area contributed by atoms with E-state index in [9.17, 15) is 34.1 Å². The van der Waals surface area contributed by atoms with Crippen molar-refractivity contribution < 1.29 is 43.8 Å². The molecule has 0 saturated heterocycles. The number of nitrogens with zero attached hydrogens (tertiary/aromatic N) is 1. The summed E-state index contributed by atoms with van der Waals surface area (Å²) in [6, 6.07) is 28.6. The van der Waals surface area contributed by atoms with E-state index in [1.54, 1.807) is 85.8 Å². The Morgan fingerprint density at radius 2 is 1.18 bits per heavy atom. The Kier molecular flexibility index (Phi) is 14.1. The molecule has 0 aliphatic rings. The van der Waals surface area contributed by atoms with E-state index in [1.807, 2.05) is 0 Å². The lowest BCUT2D eigenvalue weighted by Gasteiger charge is -2.07. The highest BCUT2D eigenvalue weighted by Crippen LogP contribution is 2.28. The fourth-order valence-corrected chi connectivity index (χ4v) is 3.31. The molecule has 0 spiro atoms. The van der Waals surface area contributed by atoms with Gasteiger partial charge in [0.05, 0.1) is 16.1 Å². The number of nitrogens with one attached hydrogen (secondary N) is 2. The highest BCUT2D eigenvalue weighted by Gasteiger charge is 2.21. The molecule has 4 N–H and O–H groups in total. The van der Waals surface area contributed by atoms with Gasteiger partial charge >= 0.3 is 23.6 Å². The second-order valence-corrected chi connectivity index (χ2v) is 8.67. The molecule has 0 heterocycles. The second-order valence-electron chi connectivity index (χ2n) is 8.67. The van der Waals surface area contributed by atoms with Crippen molar-refractivity contribution in [3.05, 3.63) is 142 Å². The van der Waals surface area contributed by atoms with Gasteiger partial charge in [-0.1, -0.05) is 54.6 Å². The first-order valence-electron chi connectivity index (χ1n) is 13.2. The number of ether oxygens (including phenoxy) is 1. The third-order valence-corrected chi connectivity index (χ3v) is 5.42. The van der Waals surface area contributed by atoms with Gasteiger partial charge in [0.1, 0.15) is 6.54 Å². The van der Waals surface area contributed by atoms with Crippen LogP contribution in [-0.2, 0) is 4.79 Å². The van der Waals surface area contributed by atoms with E-state index in [-0.39, 0.29) is 29.3 Å². The molecule has 0 aromatic heterocycles. The molecule has 0 unspecified atom stereocenters. The van der Waals surface area contributed by atoms with Gasteiger partial charge in [0, 0.05) is 23.7 Å². The smallest absolute Gasteiger partial charge is 0.343 e. The van der Waals surface area contributed by atoms with Crippen LogP contribution in [0.4, 0.5) is 5.69 Å². The van der Waals surface area contributed by atoms with E-state index in [2.05, 4.69) is 10.6 Å². The maximum Gasteiger partial charge on any atom is 0.343 e. The monoisotopic (exact) mass is 615 g/mol. The van der Waals surface area contributed by atoms with Crippen LogP contribution in [0.3, 0.4) is 0 Å². The van der Waals surface area contributed by atoms with Crippen molar-refractivity contribution in [1.82, 2.24) is 10.6 Å². The number of carboxylic acid groups (broad SMARTS) is 2. The number of hydrogen-bond acceptors (Lipinski definition) is 8. The number of esters is 1. The van der Waals surface area contributed by atoms with Crippen LogP contribution in [0, 0.1) is 10.1 Å². The third kappa shape index (κ3) is 12.2. The van der Waals surface area contributed by atoms with Gasteiger partial charge in [-0.2, -0.15) is 0 Å². The number of aliphatic carboxylic acids is 1. The molecule has 0 radical (unpaired) electrons. The Morgan fingerprint density at radius 3 is 1.62 bits per heavy atom. The van der Waals surface area contributed by atoms with Crippen LogP contribution in [0.15, 0.2) is 109 Å². The first-order valence-corrected chi connectivity index (χ1v) is 13.2. The van der Waals surface area contributed by atoms with Gasteiger partial charge in [0.25, 0.3) is 11.8 Å². The number of benzene rings is 4. The van der Waals surface area contributed by atoms with Crippen LogP contribution >= 0.6 is 0 Å². The maximum absolute atomic E-state index is 12.0. The van der Waals surface area contributed by atoms with Crippen LogP contribution in [-0.4, -0.2) is 57.9 Å². The lowest BCUT2D eigenvalue weighted by molar-refractivity contribution is -0.385. The molecule has 4 aromatic carbocycles. The zero-order valence-electron chi connectivity index (χ0n) is 23.9. The summed E-state index contributed by atoms with van der Waals surface area (Å²) in [5.41, 5.74) is 0.743. The summed E-state index contributed by atoms with van der Waals surface area (Å²) in [7, 11) is 0. The van der Waals surface area contributed by atoms with E-state index >= 15 is 0 Å². The molecule has 232 valence electrons. The minimum atomic E-state index is -1.05. The predicted octanol–water partition coefficient (Wildman–Crippen LogP) is 4.45. The van der Waals surface area contributed by atoms with Gasteiger partial charge < -0.3 is 25.6 Å². The topological polar surface area (TPSA) is 202 Å². The van der Waals surface area contributed by atoms with Gasteiger partial charge in [-0.05, 0) is 55.5 Å². The number of carbonyl (C=O) groups excluding carboxylic acids is 3. The van der Waals surface area contributed by atoms with Gasteiger partial charge in [-0.3, -0.25) is 24.5 Å². The normalized spacial score (nSPS) is 9.53. The first kappa shape index (κ1) is 34.8. The van der Waals surface area contributed by atoms with Crippen molar-refractivity contribution in [2.45, 2.75) is 6.92 Å². The molecule has 0 aliphatic carbocycles. The molecule has 13 heteroatoms. The van der Waals surface area contributed by atoms with Gasteiger partial charge in [-0.15, -0.1) is 0 Å². The summed E-state index contributed by atoms with van der Waals surface area (Å²) in [4.78, 5) is 65.7. The van der Waals surface area contributed by atoms with Crippen molar-refractivity contribution in [2.75, 3.05) is 13.1 Å². The Labute approximate surface area is 257 Å². The summed E-state index contributed by atoms with van der Waals surface area (Å²) >= 11 is 0. The van der Waals surface area contributed by atoms with Gasteiger partial charge in [0.15, 0.2) is 0 Å². The number of nitro benzene ring substituents is 1. The minimum absolute atomic E-state index is 0.123. The van der Waals surface area contributed by atoms with Crippen molar-refractivity contribution in [3.63, 3.8) is 0 Å². The number of nitro groups is 1. The lowest BCUT2D eigenvalue weighted by atomic mass is 10.1. The van der Waals surface area contributed by atoms with Crippen molar-refractivity contribution >= 4 is 35.4 Å². The molecule has 4 rings (SSSR count). The lowest BCUT2D eigenvalue weighted by Crippen LogP contribution is -2.29. The van der Waals surface area contributed by atoms with Crippen LogP contribution in [0.5, 0.6) is 5.75 Å².